The number of halogens is 1. The molecule has 0 saturated heterocycles. The van der Waals surface area contributed by atoms with Crippen LogP contribution in [-0.2, 0) is 24.3 Å². The number of nitrogens with one attached hydrogen (secondary N) is 1. The summed E-state index contributed by atoms with van der Waals surface area (Å²) in [5, 5.41) is 2.60. The standard InChI is InChI=1S/C19H21BrN2O6S/c1-12-5-8-15(29(25,26)22(3)4)11-16(12)21-19(24)13(2)27-18(23)10-7-14-6-9-17(20)28-14/h5-11,13H,1-4H3,(H,21,24). The summed E-state index contributed by atoms with van der Waals surface area (Å²) >= 11 is 3.15. The minimum absolute atomic E-state index is 0.0422. The molecule has 1 aromatic carbocycles. The molecule has 0 fully saturated rings. The molecule has 1 atom stereocenters. The normalized spacial score (nSPS) is 12.9. The van der Waals surface area contributed by atoms with Crippen LogP contribution in [0.4, 0.5) is 5.69 Å². The second-order valence-electron chi connectivity index (χ2n) is 6.31. The summed E-state index contributed by atoms with van der Waals surface area (Å²) < 4.78 is 36.4. The van der Waals surface area contributed by atoms with Crippen molar-refractivity contribution >= 4 is 49.6 Å². The molecule has 0 spiro atoms. The number of carbonyl (C=O) groups is 2. The van der Waals surface area contributed by atoms with E-state index in [9.17, 15) is 18.0 Å². The van der Waals surface area contributed by atoms with E-state index in [2.05, 4.69) is 21.2 Å². The van der Waals surface area contributed by atoms with Gasteiger partial charge in [0.15, 0.2) is 10.8 Å². The highest BCUT2D eigenvalue weighted by atomic mass is 79.9. The van der Waals surface area contributed by atoms with Gasteiger partial charge in [-0.15, -0.1) is 0 Å². The van der Waals surface area contributed by atoms with Gasteiger partial charge < -0.3 is 14.5 Å². The van der Waals surface area contributed by atoms with Crippen LogP contribution in [0.2, 0.25) is 0 Å². The molecule has 0 bridgehead atoms. The number of furan rings is 1. The molecular formula is C19H21BrN2O6S. The van der Waals surface area contributed by atoms with Crippen LogP contribution in [0.15, 0.2) is 50.4 Å². The van der Waals surface area contributed by atoms with Crippen molar-refractivity contribution in [1.29, 1.82) is 0 Å². The molecule has 0 saturated carbocycles. The van der Waals surface area contributed by atoms with E-state index in [0.29, 0.717) is 21.7 Å². The van der Waals surface area contributed by atoms with Crippen LogP contribution in [-0.4, -0.2) is 44.8 Å². The third kappa shape index (κ3) is 6.02. The molecule has 0 radical (unpaired) electrons. The number of ether oxygens (including phenoxy) is 1. The fraction of sp³-hybridized carbons (Fsp3) is 0.263. The number of nitrogens with zero attached hydrogens (tertiary/aromatic N) is 1. The molecule has 0 aliphatic rings. The summed E-state index contributed by atoms with van der Waals surface area (Å²) in [5.74, 6) is -0.865. The lowest BCUT2D eigenvalue weighted by atomic mass is 10.2. The van der Waals surface area contributed by atoms with Crippen molar-refractivity contribution in [2.75, 3.05) is 19.4 Å². The maximum absolute atomic E-state index is 12.4. The fourth-order valence-electron chi connectivity index (χ4n) is 2.18. The first-order valence-corrected chi connectivity index (χ1v) is 10.7. The molecule has 1 aromatic heterocycles. The Kier molecular flexibility index (Phi) is 7.39. The lowest BCUT2D eigenvalue weighted by molar-refractivity contribution is -0.148. The number of anilines is 1. The van der Waals surface area contributed by atoms with Crippen molar-refractivity contribution in [2.24, 2.45) is 0 Å². The molecule has 10 heteroatoms. The maximum atomic E-state index is 12.4. The Morgan fingerprint density at radius 3 is 2.52 bits per heavy atom. The smallest absolute Gasteiger partial charge is 0.331 e. The highest BCUT2D eigenvalue weighted by molar-refractivity contribution is 9.10. The highest BCUT2D eigenvalue weighted by Crippen LogP contribution is 2.22. The van der Waals surface area contributed by atoms with Crippen LogP contribution < -0.4 is 5.32 Å². The molecule has 1 N–H and O–H groups in total. The maximum Gasteiger partial charge on any atom is 0.331 e. The first-order valence-electron chi connectivity index (χ1n) is 8.49. The van der Waals surface area contributed by atoms with E-state index in [-0.39, 0.29) is 4.90 Å². The minimum atomic E-state index is -3.65. The molecule has 1 heterocycles. The molecule has 1 unspecified atom stereocenters. The molecule has 156 valence electrons. The largest absolute Gasteiger partial charge is 0.450 e. The average Bonchev–Trinajstić information content (AvgIpc) is 3.06. The Balaban J connectivity index is 2.05. The van der Waals surface area contributed by atoms with Gasteiger partial charge >= 0.3 is 5.97 Å². The highest BCUT2D eigenvalue weighted by Gasteiger charge is 2.21. The summed E-state index contributed by atoms with van der Waals surface area (Å²) in [6, 6.07) is 7.75. The zero-order valence-electron chi connectivity index (χ0n) is 16.3. The van der Waals surface area contributed by atoms with Gasteiger partial charge in [0.25, 0.3) is 5.91 Å². The van der Waals surface area contributed by atoms with Crippen molar-refractivity contribution in [1.82, 2.24) is 4.31 Å². The van der Waals surface area contributed by atoms with E-state index >= 15 is 0 Å². The van der Waals surface area contributed by atoms with E-state index in [1.165, 1.54) is 39.2 Å². The number of aryl methyl sites for hydroxylation is 1. The van der Waals surface area contributed by atoms with Gasteiger partial charge in [0, 0.05) is 25.9 Å². The van der Waals surface area contributed by atoms with Gasteiger partial charge in [0.1, 0.15) is 5.76 Å². The quantitative estimate of drug-likeness (QED) is 0.477. The van der Waals surface area contributed by atoms with Gasteiger partial charge in [-0.1, -0.05) is 6.07 Å². The van der Waals surface area contributed by atoms with Crippen LogP contribution in [0.5, 0.6) is 0 Å². The van der Waals surface area contributed by atoms with Crippen molar-refractivity contribution in [3.05, 3.63) is 52.4 Å². The molecule has 1 amide bonds. The SMILES string of the molecule is Cc1ccc(S(=O)(=O)N(C)C)cc1NC(=O)C(C)OC(=O)C=Cc1ccc(Br)o1. The van der Waals surface area contributed by atoms with Crippen molar-refractivity contribution < 1.29 is 27.2 Å². The number of amides is 1. The van der Waals surface area contributed by atoms with Gasteiger partial charge in [0.05, 0.1) is 4.90 Å². The third-order valence-corrected chi connectivity index (χ3v) is 6.12. The Morgan fingerprint density at radius 1 is 1.24 bits per heavy atom. The summed E-state index contributed by atoms with van der Waals surface area (Å²) in [5.41, 5.74) is 0.981. The Bertz CT molecular complexity index is 1040. The second-order valence-corrected chi connectivity index (χ2v) is 9.24. The fourth-order valence-corrected chi connectivity index (χ4v) is 3.42. The number of hydrogen-bond donors (Lipinski definition) is 1. The number of rotatable bonds is 7. The van der Waals surface area contributed by atoms with E-state index < -0.39 is 28.0 Å². The van der Waals surface area contributed by atoms with Crippen LogP contribution in [0, 0.1) is 6.92 Å². The third-order valence-electron chi connectivity index (χ3n) is 3.89. The molecule has 0 aliphatic carbocycles. The monoisotopic (exact) mass is 484 g/mol. The predicted molar refractivity (Wildman–Crippen MR) is 112 cm³/mol. The van der Waals surface area contributed by atoms with Crippen molar-refractivity contribution in [2.45, 2.75) is 24.8 Å². The molecule has 2 rings (SSSR count). The minimum Gasteiger partial charge on any atom is -0.450 e. The summed E-state index contributed by atoms with van der Waals surface area (Å²) in [7, 11) is -0.807. The zero-order chi connectivity index (χ0) is 21.8. The topological polar surface area (TPSA) is 106 Å². The summed E-state index contributed by atoms with van der Waals surface area (Å²) in [6.07, 6.45) is 1.46. The molecule has 8 nitrogen and oxygen atoms in total. The lowest BCUT2D eigenvalue weighted by Gasteiger charge is -2.16. The predicted octanol–water partition coefficient (Wildman–Crippen LogP) is 3.18. The first-order chi connectivity index (χ1) is 13.5. The molecule has 29 heavy (non-hydrogen) atoms. The van der Waals surface area contributed by atoms with Crippen molar-refractivity contribution in [3.63, 3.8) is 0 Å². The van der Waals surface area contributed by atoms with E-state index in [0.717, 1.165) is 10.4 Å². The van der Waals surface area contributed by atoms with Crippen LogP contribution in [0.1, 0.15) is 18.2 Å². The van der Waals surface area contributed by atoms with Gasteiger partial charge in [-0.3, -0.25) is 4.79 Å². The number of carbonyl (C=O) groups excluding carboxylic acids is 2. The van der Waals surface area contributed by atoms with Gasteiger partial charge in [-0.25, -0.2) is 17.5 Å². The number of benzene rings is 1. The first kappa shape index (κ1) is 22.9. The summed E-state index contributed by atoms with van der Waals surface area (Å²) in [6.45, 7) is 3.14. The average molecular weight is 485 g/mol. The Hall–Kier alpha value is -2.43. The van der Waals surface area contributed by atoms with Gasteiger partial charge in [-0.2, -0.15) is 0 Å². The number of hydrogen-bond acceptors (Lipinski definition) is 6. The van der Waals surface area contributed by atoms with Crippen LogP contribution in [0.3, 0.4) is 0 Å². The van der Waals surface area contributed by atoms with E-state index in [4.69, 9.17) is 9.15 Å². The van der Waals surface area contributed by atoms with E-state index in [1.54, 1.807) is 25.1 Å². The zero-order valence-corrected chi connectivity index (χ0v) is 18.7. The summed E-state index contributed by atoms with van der Waals surface area (Å²) in [4.78, 5) is 24.3. The Morgan fingerprint density at radius 2 is 1.93 bits per heavy atom. The van der Waals surface area contributed by atoms with Gasteiger partial charge in [-0.05, 0) is 65.7 Å². The van der Waals surface area contributed by atoms with Crippen LogP contribution in [0.25, 0.3) is 6.08 Å². The molecular weight excluding hydrogens is 464 g/mol. The van der Waals surface area contributed by atoms with Gasteiger partial charge in [0.2, 0.25) is 10.0 Å². The molecule has 0 aliphatic heterocycles. The van der Waals surface area contributed by atoms with Crippen LogP contribution >= 0.6 is 15.9 Å². The number of esters is 1. The second kappa shape index (κ2) is 9.38. The van der Waals surface area contributed by atoms with E-state index in [1.807, 2.05) is 0 Å². The van der Waals surface area contributed by atoms with Crippen molar-refractivity contribution in [3.8, 4) is 0 Å². The lowest BCUT2D eigenvalue weighted by Crippen LogP contribution is -2.30. The number of sulfonamides is 1. The molecule has 2 aromatic rings. The Labute approximate surface area is 177 Å².